The summed E-state index contributed by atoms with van der Waals surface area (Å²) >= 11 is 7.60. The van der Waals surface area contributed by atoms with Gasteiger partial charge in [0.05, 0.1) is 27.8 Å². The molecule has 5 nitrogen and oxygen atoms in total. The van der Waals surface area contributed by atoms with Crippen molar-refractivity contribution >= 4 is 40.5 Å². The first-order chi connectivity index (χ1) is 16.0. The van der Waals surface area contributed by atoms with Gasteiger partial charge in [-0.05, 0) is 59.2 Å². The van der Waals surface area contributed by atoms with Crippen molar-refractivity contribution in [3.63, 3.8) is 0 Å². The highest BCUT2D eigenvalue weighted by Crippen LogP contribution is 2.42. The molecule has 0 spiro atoms. The third-order valence-electron chi connectivity index (χ3n) is 5.45. The number of anilines is 1. The highest BCUT2D eigenvalue weighted by molar-refractivity contribution is 7.17. The number of thiophene rings is 1. The highest BCUT2D eigenvalue weighted by Gasteiger charge is 2.22. The lowest BCUT2D eigenvalue weighted by Gasteiger charge is -2.11. The smallest absolute Gasteiger partial charge is 0.335 e. The van der Waals surface area contributed by atoms with Crippen molar-refractivity contribution in [2.24, 2.45) is 0 Å². The molecule has 0 bridgehead atoms. The van der Waals surface area contributed by atoms with E-state index in [0.717, 1.165) is 27.1 Å². The number of carbonyl (C=O) groups is 2. The molecular formula is C26H18ClNO4S. The van der Waals surface area contributed by atoms with Crippen molar-refractivity contribution in [1.82, 2.24) is 0 Å². The van der Waals surface area contributed by atoms with Gasteiger partial charge >= 0.3 is 5.97 Å². The predicted molar refractivity (Wildman–Crippen MR) is 131 cm³/mol. The summed E-state index contributed by atoms with van der Waals surface area (Å²) in [5.41, 5.74) is 4.46. The Morgan fingerprint density at radius 1 is 0.970 bits per heavy atom. The molecule has 2 N–H and O–H groups in total. The molecule has 3 aromatic carbocycles. The van der Waals surface area contributed by atoms with Gasteiger partial charge in [0, 0.05) is 16.9 Å². The highest BCUT2D eigenvalue weighted by atomic mass is 35.5. The SMILES string of the molecule is O=C(O)c1cccc(-c2ccc3c(c2)OCCc2cc(C(=O)Nc4ccccc4Cl)sc2-3)c1. The maximum absolute atomic E-state index is 12.9. The van der Waals surface area contributed by atoms with E-state index in [4.69, 9.17) is 16.3 Å². The summed E-state index contributed by atoms with van der Waals surface area (Å²) in [5, 5.41) is 12.7. The summed E-state index contributed by atoms with van der Waals surface area (Å²) in [7, 11) is 0. The van der Waals surface area contributed by atoms with Crippen molar-refractivity contribution in [1.29, 1.82) is 0 Å². The van der Waals surface area contributed by atoms with Crippen LogP contribution in [-0.2, 0) is 6.42 Å². The second-order valence-electron chi connectivity index (χ2n) is 7.59. The van der Waals surface area contributed by atoms with E-state index in [0.29, 0.717) is 34.4 Å². The lowest BCUT2D eigenvalue weighted by Crippen LogP contribution is -2.10. The van der Waals surface area contributed by atoms with Gasteiger partial charge in [-0.2, -0.15) is 0 Å². The molecule has 1 aliphatic rings. The van der Waals surface area contributed by atoms with Gasteiger partial charge in [-0.15, -0.1) is 11.3 Å². The zero-order valence-electron chi connectivity index (χ0n) is 17.3. The number of hydrogen-bond donors (Lipinski definition) is 2. The molecule has 1 amide bonds. The maximum Gasteiger partial charge on any atom is 0.335 e. The molecule has 4 aromatic rings. The van der Waals surface area contributed by atoms with Crippen LogP contribution in [0.2, 0.25) is 5.02 Å². The quantitative estimate of drug-likeness (QED) is 0.347. The van der Waals surface area contributed by atoms with Crippen molar-refractivity contribution in [2.45, 2.75) is 6.42 Å². The number of aromatic carboxylic acids is 1. The van der Waals surface area contributed by atoms with Crippen LogP contribution >= 0.6 is 22.9 Å². The minimum absolute atomic E-state index is 0.203. The van der Waals surface area contributed by atoms with Gasteiger partial charge < -0.3 is 15.2 Å². The lowest BCUT2D eigenvalue weighted by atomic mass is 10.00. The van der Waals surface area contributed by atoms with Gasteiger partial charge in [-0.1, -0.05) is 41.9 Å². The molecule has 7 heteroatoms. The number of carbonyl (C=O) groups excluding carboxylic acids is 1. The molecule has 33 heavy (non-hydrogen) atoms. The topological polar surface area (TPSA) is 75.6 Å². The van der Waals surface area contributed by atoms with Crippen molar-refractivity contribution in [2.75, 3.05) is 11.9 Å². The number of nitrogens with one attached hydrogen (secondary N) is 1. The first kappa shape index (κ1) is 21.2. The Kier molecular flexibility index (Phi) is 5.62. The Balaban J connectivity index is 1.48. The van der Waals surface area contributed by atoms with Crippen LogP contribution in [0.25, 0.3) is 21.6 Å². The molecule has 2 heterocycles. The van der Waals surface area contributed by atoms with Crippen LogP contribution in [0.4, 0.5) is 5.69 Å². The van der Waals surface area contributed by atoms with E-state index >= 15 is 0 Å². The number of carboxylic acid groups (broad SMARTS) is 1. The number of rotatable bonds is 4. The monoisotopic (exact) mass is 475 g/mol. The molecule has 0 unspecified atom stereocenters. The number of carboxylic acids is 1. The normalized spacial score (nSPS) is 12.2. The zero-order chi connectivity index (χ0) is 22.9. The average Bonchev–Trinajstić information content (AvgIpc) is 3.17. The van der Waals surface area contributed by atoms with E-state index in [1.54, 1.807) is 30.3 Å². The molecule has 0 radical (unpaired) electrons. The van der Waals surface area contributed by atoms with Crippen LogP contribution in [-0.4, -0.2) is 23.6 Å². The molecule has 0 atom stereocenters. The number of hydrogen-bond acceptors (Lipinski definition) is 4. The van der Waals surface area contributed by atoms with E-state index < -0.39 is 5.97 Å². The van der Waals surface area contributed by atoms with Crippen LogP contribution < -0.4 is 10.1 Å². The third-order valence-corrected chi connectivity index (χ3v) is 6.99. The van der Waals surface area contributed by atoms with E-state index in [1.165, 1.54) is 11.3 Å². The number of amides is 1. The van der Waals surface area contributed by atoms with Crippen molar-refractivity contribution in [3.8, 4) is 27.3 Å². The first-order valence-corrected chi connectivity index (χ1v) is 11.5. The van der Waals surface area contributed by atoms with Crippen LogP contribution in [0, 0.1) is 0 Å². The summed E-state index contributed by atoms with van der Waals surface area (Å²) in [5.74, 6) is -0.452. The molecule has 0 saturated carbocycles. The van der Waals surface area contributed by atoms with Crippen LogP contribution in [0.3, 0.4) is 0 Å². The Morgan fingerprint density at radius 3 is 2.61 bits per heavy atom. The van der Waals surface area contributed by atoms with Gasteiger partial charge in [0.25, 0.3) is 5.91 Å². The number of ether oxygens (including phenoxy) is 1. The molecule has 1 aromatic heterocycles. The fourth-order valence-corrected chi connectivity index (χ4v) is 5.13. The maximum atomic E-state index is 12.9. The van der Waals surface area contributed by atoms with E-state index in [2.05, 4.69) is 5.32 Å². The van der Waals surface area contributed by atoms with Gasteiger partial charge in [-0.3, -0.25) is 4.79 Å². The summed E-state index contributed by atoms with van der Waals surface area (Å²) in [6.07, 6.45) is 0.684. The van der Waals surface area contributed by atoms with Gasteiger partial charge in [0.1, 0.15) is 5.75 Å². The summed E-state index contributed by atoms with van der Waals surface area (Å²) in [4.78, 5) is 25.8. The van der Waals surface area contributed by atoms with Crippen molar-refractivity contribution in [3.05, 3.63) is 93.8 Å². The average molecular weight is 476 g/mol. The second kappa shape index (κ2) is 8.73. The van der Waals surface area contributed by atoms with Gasteiger partial charge in [-0.25, -0.2) is 4.79 Å². The molecule has 0 saturated heterocycles. The van der Waals surface area contributed by atoms with E-state index in [1.807, 2.05) is 42.5 Å². The number of benzene rings is 3. The standard InChI is InChI=1S/C26H18ClNO4S/c27-20-6-1-2-7-21(20)28-25(29)23-14-17-10-11-32-22-13-16(8-9-19(22)24(17)33-23)15-4-3-5-18(12-15)26(30)31/h1-9,12-14H,10-11H2,(H,28,29)(H,30,31). The number of halogens is 1. The largest absolute Gasteiger partial charge is 0.493 e. The Morgan fingerprint density at radius 2 is 1.79 bits per heavy atom. The van der Waals surface area contributed by atoms with Crippen LogP contribution in [0.1, 0.15) is 25.6 Å². The predicted octanol–water partition coefficient (Wildman–Crippen LogP) is 6.62. The van der Waals surface area contributed by atoms with Crippen molar-refractivity contribution < 1.29 is 19.4 Å². The minimum atomic E-state index is -0.964. The summed E-state index contributed by atoms with van der Waals surface area (Å²) < 4.78 is 6.01. The second-order valence-corrected chi connectivity index (χ2v) is 9.05. The fourth-order valence-electron chi connectivity index (χ4n) is 3.81. The van der Waals surface area contributed by atoms with Crippen LogP contribution in [0.15, 0.2) is 72.8 Å². The molecule has 0 fully saturated rings. The summed E-state index contributed by atoms with van der Waals surface area (Å²) in [6.45, 7) is 0.487. The number of para-hydroxylation sites is 1. The Hall–Kier alpha value is -3.61. The Bertz CT molecular complexity index is 1390. The molecule has 1 aliphatic heterocycles. The first-order valence-electron chi connectivity index (χ1n) is 10.3. The van der Waals surface area contributed by atoms with E-state index in [-0.39, 0.29) is 11.5 Å². The number of fused-ring (bicyclic) bond motifs is 3. The molecule has 0 aliphatic carbocycles. The van der Waals surface area contributed by atoms with Gasteiger partial charge in [0.15, 0.2) is 0 Å². The fraction of sp³-hybridized carbons (Fsp3) is 0.0769. The lowest BCUT2D eigenvalue weighted by molar-refractivity contribution is 0.0696. The zero-order valence-corrected chi connectivity index (χ0v) is 18.9. The molecule has 5 rings (SSSR count). The van der Waals surface area contributed by atoms with Gasteiger partial charge in [0.2, 0.25) is 0 Å². The minimum Gasteiger partial charge on any atom is -0.493 e. The van der Waals surface area contributed by atoms with E-state index in [9.17, 15) is 14.7 Å². The molecule has 164 valence electrons. The summed E-state index contributed by atoms with van der Waals surface area (Å²) in [6, 6.07) is 21.7. The van der Waals surface area contributed by atoms with Crippen LogP contribution in [0.5, 0.6) is 5.75 Å². The molecular weight excluding hydrogens is 458 g/mol. The Labute approximate surface area is 199 Å². The third kappa shape index (κ3) is 4.23.